The highest BCUT2D eigenvalue weighted by Gasteiger charge is 2.15. The Morgan fingerprint density at radius 3 is 2.80 bits per heavy atom. The number of thioether (sulfide) groups is 1. The lowest BCUT2D eigenvalue weighted by molar-refractivity contribution is 0.623. The van der Waals surface area contributed by atoms with Crippen molar-refractivity contribution in [3.05, 3.63) is 23.2 Å². The van der Waals surface area contributed by atoms with Crippen LogP contribution in [0, 0.1) is 5.92 Å². The van der Waals surface area contributed by atoms with Gasteiger partial charge in [0.2, 0.25) is 0 Å². The van der Waals surface area contributed by atoms with Gasteiger partial charge in [-0.1, -0.05) is 24.4 Å². The summed E-state index contributed by atoms with van der Waals surface area (Å²) in [4.78, 5) is 1.13. The van der Waals surface area contributed by atoms with Crippen molar-refractivity contribution in [3.63, 3.8) is 0 Å². The Kier molecular flexibility index (Phi) is 3.81. The van der Waals surface area contributed by atoms with Gasteiger partial charge in [0.25, 0.3) is 0 Å². The van der Waals surface area contributed by atoms with E-state index in [1.807, 2.05) is 30.0 Å². The van der Waals surface area contributed by atoms with Crippen molar-refractivity contribution < 1.29 is 0 Å². The van der Waals surface area contributed by atoms with Crippen LogP contribution in [0.3, 0.4) is 0 Å². The molecule has 15 heavy (non-hydrogen) atoms. The van der Waals surface area contributed by atoms with E-state index in [0.29, 0.717) is 0 Å². The van der Waals surface area contributed by atoms with Gasteiger partial charge in [0.15, 0.2) is 0 Å². The van der Waals surface area contributed by atoms with Gasteiger partial charge in [-0.25, -0.2) is 0 Å². The summed E-state index contributed by atoms with van der Waals surface area (Å²) >= 11 is 7.95. The lowest BCUT2D eigenvalue weighted by atomic mass is 10.1. The standard InChI is InChI=1S/C12H16ClNS/c13-11-6-5-10(14)7-12(11)15-8-9-3-1-2-4-9/h5-7,9H,1-4,8,14H2. The number of nitrogen functional groups attached to an aromatic ring is 1. The molecule has 2 rings (SSSR count). The van der Waals surface area contributed by atoms with Gasteiger partial charge in [0, 0.05) is 16.3 Å². The SMILES string of the molecule is Nc1ccc(Cl)c(SCC2CCCC2)c1. The Balaban J connectivity index is 1.94. The molecule has 0 heterocycles. The maximum Gasteiger partial charge on any atom is 0.0543 e. The van der Waals surface area contributed by atoms with E-state index in [9.17, 15) is 0 Å². The van der Waals surface area contributed by atoms with Gasteiger partial charge >= 0.3 is 0 Å². The number of benzene rings is 1. The third-order valence-electron chi connectivity index (χ3n) is 2.90. The van der Waals surface area contributed by atoms with Gasteiger partial charge in [0.1, 0.15) is 0 Å². The summed E-state index contributed by atoms with van der Waals surface area (Å²) in [5, 5.41) is 0.826. The number of hydrogen-bond donors (Lipinski definition) is 1. The maximum absolute atomic E-state index is 6.11. The normalized spacial score (nSPS) is 17.1. The fourth-order valence-electron chi connectivity index (χ4n) is 2.02. The van der Waals surface area contributed by atoms with E-state index in [0.717, 1.165) is 21.5 Å². The molecular formula is C12H16ClNS. The lowest BCUT2D eigenvalue weighted by Gasteiger charge is -2.09. The second-order valence-electron chi connectivity index (χ2n) is 4.15. The molecule has 0 amide bonds. The second kappa shape index (κ2) is 5.13. The Labute approximate surface area is 100 Å². The van der Waals surface area contributed by atoms with Crippen molar-refractivity contribution >= 4 is 29.1 Å². The molecule has 0 radical (unpaired) electrons. The number of rotatable bonds is 3. The zero-order chi connectivity index (χ0) is 10.7. The van der Waals surface area contributed by atoms with Crippen molar-refractivity contribution in [2.45, 2.75) is 30.6 Å². The molecule has 1 fully saturated rings. The smallest absolute Gasteiger partial charge is 0.0543 e. The number of hydrogen-bond acceptors (Lipinski definition) is 2. The van der Waals surface area contributed by atoms with E-state index in [-0.39, 0.29) is 0 Å². The van der Waals surface area contributed by atoms with E-state index in [1.165, 1.54) is 31.4 Å². The van der Waals surface area contributed by atoms with Gasteiger partial charge < -0.3 is 5.73 Å². The molecule has 1 aliphatic rings. The van der Waals surface area contributed by atoms with Crippen molar-refractivity contribution in [1.82, 2.24) is 0 Å². The Hall–Kier alpha value is -0.340. The zero-order valence-electron chi connectivity index (χ0n) is 8.71. The summed E-state index contributed by atoms with van der Waals surface area (Å²) in [6.07, 6.45) is 5.56. The molecule has 0 unspecified atom stereocenters. The Bertz CT molecular complexity index is 334. The zero-order valence-corrected chi connectivity index (χ0v) is 10.3. The summed E-state index contributed by atoms with van der Waals surface area (Å²) in [5.74, 6) is 2.07. The molecule has 1 nitrogen and oxygen atoms in total. The van der Waals surface area contributed by atoms with Crippen LogP contribution in [0.15, 0.2) is 23.1 Å². The molecule has 0 spiro atoms. The van der Waals surface area contributed by atoms with Crippen LogP contribution in [0.25, 0.3) is 0 Å². The van der Waals surface area contributed by atoms with E-state index in [1.54, 1.807) is 0 Å². The molecule has 3 heteroatoms. The van der Waals surface area contributed by atoms with Gasteiger partial charge in [-0.15, -0.1) is 11.8 Å². The highest BCUT2D eigenvalue weighted by molar-refractivity contribution is 7.99. The van der Waals surface area contributed by atoms with Crippen LogP contribution in [-0.2, 0) is 0 Å². The highest BCUT2D eigenvalue weighted by Crippen LogP contribution is 2.34. The van der Waals surface area contributed by atoms with Crippen molar-refractivity contribution in [1.29, 1.82) is 0 Å². The predicted octanol–water partition coefficient (Wildman–Crippen LogP) is 4.20. The highest BCUT2D eigenvalue weighted by atomic mass is 35.5. The minimum absolute atomic E-state index is 0.799. The second-order valence-corrected chi connectivity index (χ2v) is 5.62. The van der Waals surface area contributed by atoms with Crippen molar-refractivity contribution in [2.75, 3.05) is 11.5 Å². The first-order valence-electron chi connectivity index (χ1n) is 5.43. The van der Waals surface area contributed by atoms with Crippen molar-refractivity contribution in [2.24, 2.45) is 5.92 Å². The molecule has 1 saturated carbocycles. The molecule has 0 atom stereocenters. The molecular weight excluding hydrogens is 226 g/mol. The van der Waals surface area contributed by atoms with Crippen LogP contribution in [0.2, 0.25) is 5.02 Å². The topological polar surface area (TPSA) is 26.0 Å². The fourth-order valence-corrected chi connectivity index (χ4v) is 3.47. The van der Waals surface area contributed by atoms with Crippen molar-refractivity contribution in [3.8, 4) is 0 Å². The van der Waals surface area contributed by atoms with Gasteiger partial charge in [-0.3, -0.25) is 0 Å². The maximum atomic E-state index is 6.11. The molecule has 0 aliphatic heterocycles. The van der Waals surface area contributed by atoms with Crippen LogP contribution in [0.5, 0.6) is 0 Å². The number of anilines is 1. The summed E-state index contributed by atoms with van der Waals surface area (Å²) in [7, 11) is 0. The van der Waals surface area contributed by atoms with E-state index >= 15 is 0 Å². The average molecular weight is 242 g/mol. The van der Waals surface area contributed by atoms with Crippen LogP contribution < -0.4 is 5.73 Å². The first kappa shape index (κ1) is 11.2. The first-order valence-corrected chi connectivity index (χ1v) is 6.80. The first-order chi connectivity index (χ1) is 7.25. The molecule has 82 valence electrons. The average Bonchev–Trinajstić information content (AvgIpc) is 2.72. The summed E-state index contributed by atoms with van der Waals surface area (Å²) < 4.78 is 0. The predicted molar refractivity (Wildman–Crippen MR) is 68.5 cm³/mol. The monoisotopic (exact) mass is 241 g/mol. The quantitative estimate of drug-likeness (QED) is 0.634. The van der Waals surface area contributed by atoms with E-state index in [4.69, 9.17) is 17.3 Å². The van der Waals surface area contributed by atoms with E-state index in [2.05, 4.69) is 0 Å². The summed E-state index contributed by atoms with van der Waals surface area (Å²) in [5.41, 5.74) is 6.54. The molecule has 1 aliphatic carbocycles. The molecule has 0 saturated heterocycles. The van der Waals surface area contributed by atoms with Crippen LogP contribution in [0.4, 0.5) is 5.69 Å². The van der Waals surface area contributed by atoms with E-state index < -0.39 is 0 Å². The fraction of sp³-hybridized carbons (Fsp3) is 0.500. The summed E-state index contributed by atoms with van der Waals surface area (Å²) in [6, 6.07) is 5.71. The number of halogens is 1. The minimum atomic E-state index is 0.799. The molecule has 0 aromatic heterocycles. The molecule has 2 N–H and O–H groups in total. The molecule has 0 bridgehead atoms. The Morgan fingerprint density at radius 1 is 1.33 bits per heavy atom. The largest absolute Gasteiger partial charge is 0.399 e. The van der Waals surface area contributed by atoms with Gasteiger partial charge in [-0.05, 0) is 37.0 Å². The van der Waals surface area contributed by atoms with Crippen LogP contribution >= 0.6 is 23.4 Å². The van der Waals surface area contributed by atoms with Gasteiger partial charge in [-0.2, -0.15) is 0 Å². The lowest BCUT2D eigenvalue weighted by Crippen LogP contribution is -1.96. The third-order valence-corrected chi connectivity index (χ3v) is 4.63. The van der Waals surface area contributed by atoms with Crippen LogP contribution in [0.1, 0.15) is 25.7 Å². The molecule has 1 aromatic rings. The minimum Gasteiger partial charge on any atom is -0.399 e. The number of nitrogens with two attached hydrogens (primary N) is 1. The van der Waals surface area contributed by atoms with Crippen LogP contribution in [-0.4, -0.2) is 5.75 Å². The Morgan fingerprint density at radius 2 is 2.07 bits per heavy atom. The van der Waals surface area contributed by atoms with Gasteiger partial charge in [0.05, 0.1) is 5.02 Å². The molecule has 1 aromatic carbocycles. The third kappa shape index (κ3) is 3.05. The summed E-state index contributed by atoms with van der Waals surface area (Å²) in [6.45, 7) is 0.